The highest BCUT2D eigenvalue weighted by Gasteiger charge is 2.16. The monoisotopic (exact) mass is 269 g/mol. The first kappa shape index (κ1) is 13.5. The van der Waals surface area contributed by atoms with Crippen molar-refractivity contribution in [1.29, 1.82) is 5.26 Å². The van der Waals surface area contributed by atoms with Gasteiger partial charge in [-0.1, -0.05) is 0 Å². The zero-order valence-electron chi connectivity index (χ0n) is 10.9. The number of carboxylic acid groups (broad SMARTS) is 1. The van der Waals surface area contributed by atoms with Gasteiger partial charge in [0.1, 0.15) is 11.6 Å². The van der Waals surface area contributed by atoms with Crippen molar-refractivity contribution in [3.05, 3.63) is 46.9 Å². The fourth-order valence-corrected chi connectivity index (χ4v) is 1.75. The van der Waals surface area contributed by atoms with Gasteiger partial charge in [0.15, 0.2) is 11.4 Å². The van der Waals surface area contributed by atoms with Gasteiger partial charge in [-0.15, -0.1) is 0 Å². The average Bonchev–Trinajstić information content (AvgIpc) is 2.38. The lowest BCUT2D eigenvalue weighted by Crippen LogP contribution is -2.04. The number of carbonyl (C=O) groups is 1. The van der Waals surface area contributed by atoms with Gasteiger partial charge in [0.25, 0.3) is 0 Å². The van der Waals surface area contributed by atoms with E-state index in [9.17, 15) is 4.79 Å². The van der Waals surface area contributed by atoms with Crippen LogP contribution < -0.4 is 4.74 Å². The quantitative estimate of drug-likeness (QED) is 0.919. The van der Waals surface area contributed by atoms with Crippen LogP contribution in [0.3, 0.4) is 0 Å². The molecule has 20 heavy (non-hydrogen) atoms. The molecular formula is C14H11N3O3. The number of carboxylic acids is 1. The van der Waals surface area contributed by atoms with E-state index in [-0.39, 0.29) is 22.9 Å². The van der Waals surface area contributed by atoms with E-state index in [0.717, 1.165) is 5.56 Å². The second kappa shape index (κ2) is 5.36. The number of nitriles is 1. The summed E-state index contributed by atoms with van der Waals surface area (Å²) < 4.78 is 5.48. The Balaban J connectivity index is 2.51. The Labute approximate surface area is 115 Å². The van der Waals surface area contributed by atoms with E-state index in [0.29, 0.717) is 5.69 Å². The fourth-order valence-electron chi connectivity index (χ4n) is 1.75. The highest BCUT2D eigenvalue weighted by Crippen LogP contribution is 2.27. The molecule has 0 saturated heterocycles. The second-order valence-electron chi connectivity index (χ2n) is 4.13. The summed E-state index contributed by atoms with van der Waals surface area (Å²) in [6, 6.07) is 6.78. The van der Waals surface area contributed by atoms with Gasteiger partial charge in [-0.2, -0.15) is 5.26 Å². The molecule has 2 heterocycles. The molecule has 2 rings (SSSR count). The summed E-state index contributed by atoms with van der Waals surface area (Å²) in [6.07, 6.45) is 1.36. The van der Waals surface area contributed by atoms with Gasteiger partial charge in [-0.25, -0.2) is 14.8 Å². The molecule has 0 unspecified atom stereocenters. The molecule has 0 aliphatic heterocycles. The molecule has 6 heteroatoms. The van der Waals surface area contributed by atoms with Crippen molar-refractivity contribution >= 4 is 5.97 Å². The number of aromatic nitrogens is 2. The molecule has 0 aliphatic carbocycles. The van der Waals surface area contributed by atoms with Crippen LogP contribution in [0.1, 0.15) is 27.3 Å². The maximum atomic E-state index is 11.1. The largest absolute Gasteiger partial charge is 0.476 e. The van der Waals surface area contributed by atoms with Crippen molar-refractivity contribution < 1.29 is 14.6 Å². The van der Waals surface area contributed by atoms with Crippen LogP contribution in [0.2, 0.25) is 0 Å². The number of hydrogen-bond acceptors (Lipinski definition) is 5. The van der Waals surface area contributed by atoms with E-state index in [1.54, 1.807) is 26.0 Å². The standard InChI is InChI=1S/C14H11N3O3/c1-8-6-9(2)17-13(10(8)7-15)20-11-4-3-5-16-12(11)14(18)19/h3-6H,1-2H3,(H,18,19). The Morgan fingerprint density at radius 3 is 2.85 bits per heavy atom. The van der Waals surface area contributed by atoms with Crippen LogP contribution >= 0.6 is 0 Å². The van der Waals surface area contributed by atoms with Crippen molar-refractivity contribution in [3.8, 4) is 17.7 Å². The molecule has 0 bridgehead atoms. The number of aryl methyl sites for hydroxylation is 2. The van der Waals surface area contributed by atoms with E-state index in [1.165, 1.54) is 12.3 Å². The SMILES string of the molecule is Cc1cc(C)c(C#N)c(Oc2cccnc2C(=O)O)n1. The van der Waals surface area contributed by atoms with Crippen LogP contribution in [0.15, 0.2) is 24.4 Å². The normalized spacial score (nSPS) is 9.85. The molecular weight excluding hydrogens is 258 g/mol. The van der Waals surface area contributed by atoms with Crippen LogP contribution in [-0.4, -0.2) is 21.0 Å². The Morgan fingerprint density at radius 2 is 2.20 bits per heavy atom. The molecule has 0 aromatic carbocycles. The summed E-state index contributed by atoms with van der Waals surface area (Å²) >= 11 is 0. The Bertz CT molecular complexity index is 720. The molecule has 6 nitrogen and oxygen atoms in total. The second-order valence-corrected chi connectivity index (χ2v) is 4.13. The molecule has 0 radical (unpaired) electrons. The van der Waals surface area contributed by atoms with Crippen molar-refractivity contribution in [3.63, 3.8) is 0 Å². The molecule has 1 N–H and O–H groups in total. The maximum absolute atomic E-state index is 11.1. The molecule has 0 saturated carbocycles. The first-order valence-electron chi connectivity index (χ1n) is 5.77. The third kappa shape index (κ3) is 2.57. The smallest absolute Gasteiger partial charge is 0.358 e. The molecule has 0 amide bonds. The van der Waals surface area contributed by atoms with E-state index in [1.807, 2.05) is 6.07 Å². The Hall–Kier alpha value is -2.94. The van der Waals surface area contributed by atoms with E-state index >= 15 is 0 Å². The highest BCUT2D eigenvalue weighted by molar-refractivity contribution is 5.88. The number of pyridine rings is 2. The highest BCUT2D eigenvalue weighted by atomic mass is 16.5. The first-order valence-corrected chi connectivity index (χ1v) is 5.77. The molecule has 100 valence electrons. The Kier molecular flexibility index (Phi) is 3.62. The number of hydrogen-bond donors (Lipinski definition) is 1. The molecule has 0 aliphatic rings. The summed E-state index contributed by atoms with van der Waals surface area (Å²) in [6.45, 7) is 3.53. The predicted octanol–water partition coefficient (Wildman–Crippen LogP) is 2.46. The van der Waals surface area contributed by atoms with Crippen LogP contribution in [0.5, 0.6) is 11.6 Å². The fraction of sp³-hybridized carbons (Fsp3) is 0.143. The average molecular weight is 269 g/mol. The summed E-state index contributed by atoms with van der Waals surface area (Å²) in [7, 11) is 0. The maximum Gasteiger partial charge on any atom is 0.358 e. The number of rotatable bonds is 3. The zero-order valence-corrected chi connectivity index (χ0v) is 10.9. The van der Waals surface area contributed by atoms with Crippen LogP contribution in [0.25, 0.3) is 0 Å². The third-order valence-corrected chi connectivity index (χ3v) is 2.60. The molecule has 0 atom stereocenters. The molecule has 0 spiro atoms. The number of aromatic carboxylic acids is 1. The third-order valence-electron chi connectivity index (χ3n) is 2.60. The molecule has 2 aromatic heterocycles. The topological polar surface area (TPSA) is 96.1 Å². The number of nitrogens with zero attached hydrogens (tertiary/aromatic N) is 3. The molecule has 2 aromatic rings. The first-order chi connectivity index (χ1) is 9.52. The van der Waals surface area contributed by atoms with Gasteiger partial charge in [0.2, 0.25) is 5.88 Å². The van der Waals surface area contributed by atoms with Crippen molar-refractivity contribution in [1.82, 2.24) is 9.97 Å². The van der Waals surface area contributed by atoms with E-state index in [4.69, 9.17) is 15.1 Å². The predicted molar refractivity (Wildman–Crippen MR) is 69.7 cm³/mol. The van der Waals surface area contributed by atoms with E-state index in [2.05, 4.69) is 9.97 Å². The summed E-state index contributed by atoms with van der Waals surface area (Å²) in [5.41, 5.74) is 1.45. The Morgan fingerprint density at radius 1 is 1.45 bits per heavy atom. The van der Waals surface area contributed by atoms with E-state index < -0.39 is 5.97 Å². The van der Waals surface area contributed by atoms with Gasteiger partial charge in [0, 0.05) is 11.9 Å². The van der Waals surface area contributed by atoms with Gasteiger partial charge in [-0.3, -0.25) is 0 Å². The number of ether oxygens (including phenoxy) is 1. The lowest BCUT2D eigenvalue weighted by atomic mass is 10.1. The minimum absolute atomic E-state index is 0.0500. The van der Waals surface area contributed by atoms with Gasteiger partial charge >= 0.3 is 5.97 Å². The van der Waals surface area contributed by atoms with Crippen LogP contribution in [0, 0.1) is 25.2 Å². The lowest BCUT2D eigenvalue weighted by Gasteiger charge is -2.10. The minimum atomic E-state index is -1.21. The summed E-state index contributed by atoms with van der Waals surface area (Å²) in [5, 5.41) is 18.2. The van der Waals surface area contributed by atoms with Crippen molar-refractivity contribution in [2.75, 3.05) is 0 Å². The summed E-state index contributed by atoms with van der Waals surface area (Å²) in [4.78, 5) is 18.9. The minimum Gasteiger partial charge on any atom is -0.476 e. The van der Waals surface area contributed by atoms with Gasteiger partial charge in [-0.05, 0) is 37.6 Å². The van der Waals surface area contributed by atoms with Gasteiger partial charge in [0.05, 0.1) is 0 Å². The summed E-state index contributed by atoms with van der Waals surface area (Å²) in [5.74, 6) is -1.07. The lowest BCUT2D eigenvalue weighted by molar-refractivity contribution is 0.0687. The molecule has 0 fully saturated rings. The van der Waals surface area contributed by atoms with Crippen molar-refractivity contribution in [2.45, 2.75) is 13.8 Å². The van der Waals surface area contributed by atoms with Crippen LogP contribution in [-0.2, 0) is 0 Å². The zero-order chi connectivity index (χ0) is 14.7. The van der Waals surface area contributed by atoms with Gasteiger partial charge < -0.3 is 9.84 Å². The van der Waals surface area contributed by atoms with Crippen molar-refractivity contribution in [2.24, 2.45) is 0 Å². The van der Waals surface area contributed by atoms with Crippen LogP contribution in [0.4, 0.5) is 0 Å².